The molecule has 0 aromatic rings. The summed E-state index contributed by atoms with van der Waals surface area (Å²) in [6.45, 7) is 4.50. The van der Waals surface area contributed by atoms with Crippen molar-refractivity contribution in [2.75, 3.05) is 0 Å². The molecule has 0 aromatic carbocycles. The standard InChI is InChI=1S/C11H19N/c1-11(2)9-7-5-3-4-6-8-10-12/h3-4,11H,5-9H2,1-2H3/b4-3-. The summed E-state index contributed by atoms with van der Waals surface area (Å²) in [4.78, 5) is 0. The summed E-state index contributed by atoms with van der Waals surface area (Å²) >= 11 is 0. The number of hydrogen-bond acceptors (Lipinski definition) is 1. The number of hydrogen-bond donors (Lipinski definition) is 0. The topological polar surface area (TPSA) is 23.8 Å². The van der Waals surface area contributed by atoms with E-state index in [4.69, 9.17) is 5.26 Å². The Hall–Kier alpha value is -0.770. The van der Waals surface area contributed by atoms with Crippen molar-refractivity contribution in [3.63, 3.8) is 0 Å². The number of unbranched alkanes of at least 4 members (excludes halogenated alkanes) is 2. The molecule has 0 rings (SSSR count). The van der Waals surface area contributed by atoms with Gasteiger partial charge >= 0.3 is 0 Å². The molecule has 0 saturated carbocycles. The van der Waals surface area contributed by atoms with E-state index < -0.39 is 0 Å². The van der Waals surface area contributed by atoms with Gasteiger partial charge in [0.15, 0.2) is 0 Å². The second-order valence-corrected chi connectivity index (χ2v) is 3.49. The lowest BCUT2D eigenvalue weighted by atomic mass is 10.1. The van der Waals surface area contributed by atoms with E-state index in [0.29, 0.717) is 6.42 Å². The molecule has 68 valence electrons. The summed E-state index contributed by atoms with van der Waals surface area (Å²) in [5.41, 5.74) is 0. The Morgan fingerprint density at radius 1 is 1.25 bits per heavy atom. The van der Waals surface area contributed by atoms with Gasteiger partial charge in [-0.15, -0.1) is 0 Å². The highest BCUT2D eigenvalue weighted by Gasteiger charge is 1.90. The third-order valence-electron chi connectivity index (χ3n) is 1.74. The van der Waals surface area contributed by atoms with E-state index in [0.717, 1.165) is 12.3 Å². The average molecular weight is 165 g/mol. The second-order valence-electron chi connectivity index (χ2n) is 3.49. The number of allylic oxidation sites excluding steroid dienone is 2. The van der Waals surface area contributed by atoms with Crippen molar-refractivity contribution in [3.8, 4) is 6.07 Å². The predicted molar refractivity (Wildman–Crippen MR) is 52.7 cm³/mol. The van der Waals surface area contributed by atoms with Crippen molar-refractivity contribution in [3.05, 3.63) is 12.2 Å². The number of nitriles is 1. The summed E-state index contributed by atoms with van der Waals surface area (Å²) in [7, 11) is 0. The molecular weight excluding hydrogens is 146 g/mol. The number of rotatable bonds is 6. The van der Waals surface area contributed by atoms with Gasteiger partial charge in [-0.2, -0.15) is 5.26 Å². The fourth-order valence-corrected chi connectivity index (χ4v) is 1.03. The predicted octanol–water partition coefficient (Wildman–Crippen LogP) is 3.67. The van der Waals surface area contributed by atoms with Crippen LogP contribution in [-0.4, -0.2) is 0 Å². The van der Waals surface area contributed by atoms with E-state index in [2.05, 4.69) is 32.1 Å². The molecule has 0 aliphatic rings. The summed E-state index contributed by atoms with van der Waals surface area (Å²) < 4.78 is 0. The van der Waals surface area contributed by atoms with Crippen molar-refractivity contribution in [1.82, 2.24) is 0 Å². The van der Waals surface area contributed by atoms with Crippen LogP contribution in [0.15, 0.2) is 12.2 Å². The molecule has 1 heteroatoms. The van der Waals surface area contributed by atoms with Crippen LogP contribution in [-0.2, 0) is 0 Å². The summed E-state index contributed by atoms with van der Waals surface area (Å²) in [6, 6.07) is 2.13. The van der Waals surface area contributed by atoms with Crippen LogP contribution >= 0.6 is 0 Å². The fraction of sp³-hybridized carbons (Fsp3) is 0.727. The van der Waals surface area contributed by atoms with Gasteiger partial charge in [-0.05, 0) is 25.2 Å². The van der Waals surface area contributed by atoms with Gasteiger partial charge in [0.1, 0.15) is 0 Å². The van der Waals surface area contributed by atoms with Gasteiger partial charge in [-0.25, -0.2) is 0 Å². The third-order valence-corrected chi connectivity index (χ3v) is 1.74. The highest BCUT2D eigenvalue weighted by Crippen LogP contribution is 2.06. The Balaban J connectivity index is 3.09. The van der Waals surface area contributed by atoms with Crippen LogP contribution in [0, 0.1) is 17.2 Å². The van der Waals surface area contributed by atoms with E-state index in [1.165, 1.54) is 19.3 Å². The van der Waals surface area contributed by atoms with Crippen molar-refractivity contribution >= 4 is 0 Å². The largest absolute Gasteiger partial charge is 0.198 e. The van der Waals surface area contributed by atoms with Gasteiger partial charge < -0.3 is 0 Å². The lowest BCUT2D eigenvalue weighted by molar-refractivity contribution is 0.559. The van der Waals surface area contributed by atoms with Crippen molar-refractivity contribution in [2.24, 2.45) is 5.92 Å². The molecule has 0 amide bonds. The van der Waals surface area contributed by atoms with Crippen LogP contribution in [0.5, 0.6) is 0 Å². The number of nitrogens with zero attached hydrogens (tertiary/aromatic N) is 1. The molecule has 1 nitrogen and oxygen atoms in total. The van der Waals surface area contributed by atoms with Gasteiger partial charge in [0, 0.05) is 6.42 Å². The first kappa shape index (κ1) is 11.2. The third kappa shape index (κ3) is 9.23. The molecule has 0 bridgehead atoms. The van der Waals surface area contributed by atoms with Crippen LogP contribution in [0.4, 0.5) is 0 Å². The monoisotopic (exact) mass is 165 g/mol. The molecule has 0 fully saturated rings. The normalized spacial score (nSPS) is 10.8. The SMILES string of the molecule is CC(C)CCC/C=C\CCC#N. The average Bonchev–Trinajstić information content (AvgIpc) is 2.02. The summed E-state index contributed by atoms with van der Waals surface area (Å²) in [5, 5.41) is 8.26. The van der Waals surface area contributed by atoms with Crippen molar-refractivity contribution in [1.29, 1.82) is 5.26 Å². The minimum absolute atomic E-state index is 0.653. The zero-order valence-corrected chi connectivity index (χ0v) is 8.21. The van der Waals surface area contributed by atoms with Crippen LogP contribution in [0.1, 0.15) is 46.0 Å². The molecule has 0 saturated heterocycles. The van der Waals surface area contributed by atoms with Crippen LogP contribution < -0.4 is 0 Å². The van der Waals surface area contributed by atoms with E-state index in [1.54, 1.807) is 0 Å². The molecule has 0 spiro atoms. The smallest absolute Gasteiger partial charge is 0.0624 e. The van der Waals surface area contributed by atoms with Gasteiger partial charge in [0.05, 0.1) is 6.07 Å². The zero-order valence-electron chi connectivity index (χ0n) is 8.21. The lowest BCUT2D eigenvalue weighted by Crippen LogP contribution is -1.84. The molecule has 12 heavy (non-hydrogen) atoms. The molecule has 0 heterocycles. The Kier molecular flexibility index (Phi) is 7.79. The van der Waals surface area contributed by atoms with Crippen molar-refractivity contribution in [2.45, 2.75) is 46.0 Å². The molecular formula is C11H19N. The van der Waals surface area contributed by atoms with E-state index in [-0.39, 0.29) is 0 Å². The molecule has 0 aliphatic carbocycles. The Morgan fingerprint density at radius 3 is 2.50 bits per heavy atom. The maximum Gasteiger partial charge on any atom is 0.0624 e. The van der Waals surface area contributed by atoms with Crippen LogP contribution in [0.2, 0.25) is 0 Å². The van der Waals surface area contributed by atoms with E-state index >= 15 is 0 Å². The maximum atomic E-state index is 8.26. The fourth-order valence-electron chi connectivity index (χ4n) is 1.03. The first-order valence-corrected chi connectivity index (χ1v) is 4.79. The minimum atomic E-state index is 0.653. The molecule has 0 aromatic heterocycles. The Labute approximate surface area is 76.1 Å². The molecule has 0 N–H and O–H groups in total. The summed E-state index contributed by atoms with van der Waals surface area (Å²) in [6.07, 6.45) is 9.63. The lowest BCUT2D eigenvalue weighted by Gasteiger charge is -2.00. The Morgan fingerprint density at radius 2 is 1.92 bits per heavy atom. The van der Waals surface area contributed by atoms with Gasteiger partial charge in [-0.3, -0.25) is 0 Å². The zero-order chi connectivity index (χ0) is 9.23. The van der Waals surface area contributed by atoms with E-state index in [1.807, 2.05) is 0 Å². The first-order chi connectivity index (χ1) is 5.77. The second kappa shape index (κ2) is 8.33. The maximum absolute atomic E-state index is 8.26. The summed E-state index contributed by atoms with van der Waals surface area (Å²) in [5.74, 6) is 0.817. The van der Waals surface area contributed by atoms with Crippen LogP contribution in [0.25, 0.3) is 0 Å². The highest BCUT2D eigenvalue weighted by atomic mass is 14.2. The van der Waals surface area contributed by atoms with Gasteiger partial charge in [0.2, 0.25) is 0 Å². The van der Waals surface area contributed by atoms with E-state index in [9.17, 15) is 0 Å². The minimum Gasteiger partial charge on any atom is -0.198 e. The van der Waals surface area contributed by atoms with Crippen molar-refractivity contribution < 1.29 is 0 Å². The molecule has 0 unspecified atom stereocenters. The molecule has 0 atom stereocenters. The Bertz CT molecular complexity index is 151. The first-order valence-electron chi connectivity index (χ1n) is 4.79. The van der Waals surface area contributed by atoms with Crippen LogP contribution in [0.3, 0.4) is 0 Å². The van der Waals surface area contributed by atoms with Gasteiger partial charge in [0.25, 0.3) is 0 Å². The molecule has 0 radical (unpaired) electrons. The highest BCUT2D eigenvalue weighted by molar-refractivity contribution is 4.85. The van der Waals surface area contributed by atoms with Gasteiger partial charge in [-0.1, -0.05) is 32.4 Å². The quantitative estimate of drug-likeness (QED) is 0.435. The molecule has 0 aliphatic heterocycles.